The SMILES string of the molecule is CC(C)NC[C@H](O)COc1csc2ccccc12. The number of aliphatic hydroxyl groups excluding tert-OH is 1. The van der Waals surface area contributed by atoms with E-state index in [0.29, 0.717) is 19.2 Å². The van der Waals surface area contributed by atoms with Gasteiger partial charge in [0.05, 0.1) is 0 Å². The molecule has 0 radical (unpaired) electrons. The van der Waals surface area contributed by atoms with Gasteiger partial charge in [0.15, 0.2) is 0 Å². The number of benzene rings is 1. The fourth-order valence-electron chi connectivity index (χ4n) is 1.68. The van der Waals surface area contributed by atoms with Crippen molar-refractivity contribution in [1.82, 2.24) is 5.32 Å². The van der Waals surface area contributed by atoms with Crippen molar-refractivity contribution in [3.8, 4) is 5.75 Å². The van der Waals surface area contributed by atoms with Crippen molar-refractivity contribution < 1.29 is 9.84 Å². The number of thiophene rings is 1. The molecule has 0 bridgehead atoms. The minimum absolute atomic E-state index is 0.320. The van der Waals surface area contributed by atoms with Gasteiger partial charge in [-0.3, -0.25) is 0 Å². The van der Waals surface area contributed by atoms with E-state index in [9.17, 15) is 5.11 Å². The molecule has 1 aromatic carbocycles. The van der Waals surface area contributed by atoms with Gasteiger partial charge in [0.25, 0.3) is 0 Å². The Morgan fingerprint density at radius 3 is 2.89 bits per heavy atom. The molecule has 0 unspecified atom stereocenters. The van der Waals surface area contributed by atoms with Gasteiger partial charge in [-0.05, 0) is 12.1 Å². The van der Waals surface area contributed by atoms with Crippen LogP contribution in [0.2, 0.25) is 0 Å². The van der Waals surface area contributed by atoms with Gasteiger partial charge in [0.1, 0.15) is 18.5 Å². The molecule has 98 valence electrons. The number of hydrogen-bond donors (Lipinski definition) is 2. The molecular formula is C14H19NO2S. The van der Waals surface area contributed by atoms with E-state index in [4.69, 9.17) is 4.74 Å². The summed E-state index contributed by atoms with van der Waals surface area (Å²) in [5, 5.41) is 16.1. The molecule has 0 fully saturated rings. The van der Waals surface area contributed by atoms with E-state index in [1.807, 2.05) is 23.6 Å². The fraction of sp³-hybridized carbons (Fsp3) is 0.429. The summed E-state index contributed by atoms with van der Waals surface area (Å²) in [6.45, 7) is 4.99. The van der Waals surface area contributed by atoms with Crippen molar-refractivity contribution in [2.75, 3.05) is 13.2 Å². The maximum atomic E-state index is 9.78. The maximum Gasteiger partial charge on any atom is 0.137 e. The van der Waals surface area contributed by atoms with Gasteiger partial charge in [0.2, 0.25) is 0 Å². The number of hydrogen-bond acceptors (Lipinski definition) is 4. The highest BCUT2D eigenvalue weighted by atomic mass is 32.1. The van der Waals surface area contributed by atoms with E-state index in [0.717, 1.165) is 11.1 Å². The lowest BCUT2D eigenvalue weighted by atomic mass is 10.2. The fourth-order valence-corrected chi connectivity index (χ4v) is 2.56. The molecule has 4 heteroatoms. The summed E-state index contributed by atoms with van der Waals surface area (Å²) in [5.74, 6) is 0.860. The predicted molar refractivity (Wildman–Crippen MR) is 76.5 cm³/mol. The number of nitrogens with one attached hydrogen (secondary N) is 1. The first kappa shape index (κ1) is 13.3. The van der Waals surface area contributed by atoms with E-state index in [1.165, 1.54) is 4.70 Å². The second kappa shape index (κ2) is 6.18. The van der Waals surface area contributed by atoms with Crippen molar-refractivity contribution in [2.24, 2.45) is 0 Å². The highest BCUT2D eigenvalue weighted by Crippen LogP contribution is 2.31. The van der Waals surface area contributed by atoms with Crippen LogP contribution in [-0.4, -0.2) is 30.4 Å². The zero-order valence-electron chi connectivity index (χ0n) is 10.7. The van der Waals surface area contributed by atoms with Crippen LogP contribution in [-0.2, 0) is 0 Å². The molecule has 1 atom stereocenters. The lowest BCUT2D eigenvalue weighted by molar-refractivity contribution is 0.105. The molecule has 18 heavy (non-hydrogen) atoms. The Morgan fingerprint density at radius 1 is 1.33 bits per heavy atom. The maximum absolute atomic E-state index is 9.78. The third-order valence-electron chi connectivity index (χ3n) is 2.64. The van der Waals surface area contributed by atoms with Crippen molar-refractivity contribution in [1.29, 1.82) is 0 Å². The average Bonchev–Trinajstić information content (AvgIpc) is 2.77. The Bertz CT molecular complexity index is 495. The van der Waals surface area contributed by atoms with Crippen LogP contribution in [0.15, 0.2) is 29.6 Å². The summed E-state index contributed by atoms with van der Waals surface area (Å²) in [4.78, 5) is 0. The summed E-state index contributed by atoms with van der Waals surface area (Å²) in [6, 6.07) is 8.51. The molecule has 0 amide bonds. The molecule has 0 aliphatic carbocycles. The normalized spacial score (nSPS) is 13.1. The molecule has 1 aromatic heterocycles. The van der Waals surface area contributed by atoms with Gasteiger partial charge in [0, 0.05) is 28.1 Å². The molecule has 0 spiro atoms. The quantitative estimate of drug-likeness (QED) is 0.843. The van der Waals surface area contributed by atoms with Gasteiger partial charge in [-0.25, -0.2) is 0 Å². The van der Waals surface area contributed by atoms with Crippen molar-refractivity contribution in [3.63, 3.8) is 0 Å². The molecule has 2 rings (SSSR count). The van der Waals surface area contributed by atoms with Crippen molar-refractivity contribution >= 4 is 21.4 Å². The number of rotatable bonds is 6. The van der Waals surface area contributed by atoms with Crippen LogP contribution in [0.3, 0.4) is 0 Å². The van der Waals surface area contributed by atoms with E-state index in [1.54, 1.807) is 11.3 Å². The minimum Gasteiger partial charge on any atom is -0.489 e. The first-order valence-corrected chi connectivity index (χ1v) is 7.05. The summed E-state index contributed by atoms with van der Waals surface area (Å²) in [7, 11) is 0. The molecule has 2 aromatic rings. The third kappa shape index (κ3) is 3.45. The Morgan fingerprint density at radius 2 is 2.11 bits per heavy atom. The molecule has 2 N–H and O–H groups in total. The molecule has 0 aliphatic rings. The number of aliphatic hydroxyl groups is 1. The Labute approximate surface area is 111 Å². The molecule has 0 saturated carbocycles. The van der Waals surface area contributed by atoms with Gasteiger partial charge in [-0.2, -0.15) is 0 Å². The van der Waals surface area contributed by atoms with Crippen LogP contribution < -0.4 is 10.1 Å². The van der Waals surface area contributed by atoms with Crippen LogP contribution in [0, 0.1) is 0 Å². The van der Waals surface area contributed by atoms with E-state index in [2.05, 4.69) is 25.2 Å². The summed E-state index contributed by atoms with van der Waals surface area (Å²) < 4.78 is 6.88. The second-order valence-corrected chi connectivity index (χ2v) is 5.54. The molecule has 3 nitrogen and oxygen atoms in total. The second-order valence-electron chi connectivity index (χ2n) is 4.62. The zero-order valence-corrected chi connectivity index (χ0v) is 11.5. The third-order valence-corrected chi connectivity index (χ3v) is 3.58. The van der Waals surface area contributed by atoms with E-state index in [-0.39, 0.29) is 0 Å². The van der Waals surface area contributed by atoms with E-state index >= 15 is 0 Å². The molecule has 0 aliphatic heterocycles. The lowest BCUT2D eigenvalue weighted by Gasteiger charge is -2.14. The largest absolute Gasteiger partial charge is 0.489 e. The van der Waals surface area contributed by atoms with Crippen LogP contribution in [0.25, 0.3) is 10.1 Å². The van der Waals surface area contributed by atoms with Gasteiger partial charge < -0.3 is 15.2 Å². The Balaban J connectivity index is 1.90. The van der Waals surface area contributed by atoms with Crippen LogP contribution in [0.1, 0.15) is 13.8 Å². The lowest BCUT2D eigenvalue weighted by Crippen LogP contribution is -2.35. The predicted octanol–water partition coefficient (Wildman–Crippen LogP) is 2.64. The standard InChI is InChI=1S/C14H19NO2S/c1-10(2)15-7-11(16)8-17-13-9-18-14-6-4-3-5-12(13)14/h3-6,9-11,15-16H,7-8H2,1-2H3/t11-/m0/s1. The van der Waals surface area contributed by atoms with Crippen LogP contribution >= 0.6 is 11.3 Å². The first-order valence-electron chi connectivity index (χ1n) is 6.17. The number of ether oxygens (including phenoxy) is 1. The van der Waals surface area contributed by atoms with Crippen molar-refractivity contribution in [2.45, 2.75) is 26.0 Å². The highest BCUT2D eigenvalue weighted by molar-refractivity contribution is 7.17. The van der Waals surface area contributed by atoms with Crippen LogP contribution in [0.5, 0.6) is 5.75 Å². The topological polar surface area (TPSA) is 41.5 Å². The van der Waals surface area contributed by atoms with E-state index < -0.39 is 6.10 Å². The summed E-state index contributed by atoms with van der Waals surface area (Å²) in [6.07, 6.45) is -0.480. The van der Waals surface area contributed by atoms with Crippen molar-refractivity contribution in [3.05, 3.63) is 29.6 Å². The summed E-state index contributed by atoms with van der Waals surface area (Å²) in [5.41, 5.74) is 0. The number of fused-ring (bicyclic) bond motifs is 1. The van der Waals surface area contributed by atoms with Gasteiger partial charge >= 0.3 is 0 Å². The molecule has 0 saturated heterocycles. The van der Waals surface area contributed by atoms with Gasteiger partial charge in [-0.1, -0.05) is 26.0 Å². The van der Waals surface area contributed by atoms with Gasteiger partial charge in [-0.15, -0.1) is 11.3 Å². The van der Waals surface area contributed by atoms with Crippen LogP contribution in [0.4, 0.5) is 0 Å². The molecule has 1 heterocycles. The highest BCUT2D eigenvalue weighted by Gasteiger charge is 2.08. The summed E-state index contributed by atoms with van der Waals surface area (Å²) >= 11 is 1.66. The smallest absolute Gasteiger partial charge is 0.137 e. The average molecular weight is 265 g/mol. The Hall–Kier alpha value is -1.10. The first-order chi connectivity index (χ1) is 8.66. The zero-order chi connectivity index (χ0) is 13.0. The minimum atomic E-state index is -0.480. The molecular weight excluding hydrogens is 246 g/mol. The Kier molecular flexibility index (Phi) is 4.58. The monoisotopic (exact) mass is 265 g/mol.